The summed E-state index contributed by atoms with van der Waals surface area (Å²) < 4.78 is 2.02. The number of hydrogen-bond acceptors (Lipinski definition) is 3. The van der Waals surface area contributed by atoms with E-state index in [1.807, 2.05) is 11.7 Å². The molecule has 1 N–H and O–H groups in total. The van der Waals surface area contributed by atoms with E-state index in [0.29, 0.717) is 6.04 Å². The maximum atomic E-state index is 4.50. The highest BCUT2D eigenvalue weighted by Gasteiger charge is 2.31. The van der Waals surface area contributed by atoms with Gasteiger partial charge in [0.05, 0.1) is 5.69 Å². The van der Waals surface area contributed by atoms with E-state index >= 15 is 0 Å². The van der Waals surface area contributed by atoms with E-state index in [9.17, 15) is 0 Å². The van der Waals surface area contributed by atoms with E-state index in [0.717, 1.165) is 12.2 Å². The molecule has 0 bridgehead atoms. The first kappa shape index (κ1) is 9.07. The van der Waals surface area contributed by atoms with Gasteiger partial charge in [-0.25, -0.2) is 0 Å². The largest absolute Gasteiger partial charge is 0.378 e. The van der Waals surface area contributed by atoms with Gasteiger partial charge in [-0.05, 0) is 26.2 Å². The Bertz CT molecular complexity index is 382. The van der Waals surface area contributed by atoms with Gasteiger partial charge in [0.15, 0.2) is 5.82 Å². The van der Waals surface area contributed by atoms with E-state index in [1.165, 1.54) is 37.3 Å². The lowest BCUT2D eigenvalue weighted by molar-refractivity contribution is 0.456. The molecule has 1 unspecified atom stereocenters. The van der Waals surface area contributed by atoms with E-state index < -0.39 is 0 Å². The Hall–Kier alpha value is -1.19. The van der Waals surface area contributed by atoms with Gasteiger partial charge in [0.25, 0.3) is 0 Å². The predicted molar refractivity (Wildman–Crippen MR) is 61.4 cm³/mol. The summed E-state index contributed by atoms with van der Waals surface area (Å²) in [6.45, 7) is 4.36. The summed E-state index contributed by atoms with van der Waals surface area (Å²) in [5, 5.41) is 8.02. The maximum absolute atomic E-state index is 4.50. The summed E-state index contributed by atoms with van der Waals surface area (Å²) in [6, 6.07) is 0.682. The van der Waals surface area contributed by atoms with E-state index in [4.69, 9.17) is 0 Å². The second kappa shape index (κ2) is 3.15. The van der Waals surface area contributed by atoms with Crippen molar-refractivity contribution in [3.8, 4) is 0 Å². The molecule has 0 saturated carbocycles. The summed E-state index contributed by atoms with van der Waals surface area (Å²) >= 11 is 0. The van der Waals surface area contributed by atoms with Crippen LogP contribution in [0.4, 0.5) is 11.5 Å². The van der Waals surface area contributed by atoms with E-state index in [-0.39, 0.29) is 0 Å². The zero-order valence-corrected chi connectivity index (χ0v) is 9.45. The van der Waals surface area contributed by atoms with Crippen LogP contribution >= 0.6 is 0 Å². The molecule has 2 aliphatic rings. The Balaban J connectivity index is 2.05. The molecule has 0 aromatic carbocycles. The van der Waals surface area contributed by atoms with Crippen molar-refractivity contribution in [3.05, 3.63) is 5.69 Å². The lowest BCUT2D eigenvalue weighted by Gasteiger charge is -2.41. The standard InChI is InChI=1S/C11H18N4/c1-8-10-11(14(2)13-8)15-6-4-3-5-9(15)7-12-10/h9,12H,3-7H2,1-2H3. The molecule has 1 aromatic rings. The first-order valence-corrected chi connectivity index (χ1v) is 5.81. The summed E-state index contributed by atoms with van der Waals surface area (Å²) in [5.74, 6) is 1.29. The SMILES string of the molecule is Cc1nn(C)c2c1NCC1CCCCN21. The molecule has 1 saturated heterocycles. The summed E-state index contributed by atoms with van der Waals surface area (Å²) in [5.41, 5.74) is 2.37. The Kier molecular flexibility index (Phi) is 1.90. The van der Waals surface area contributed by atoms with Gasteiger partial charge in [0.1, 0.15) is 5.69 Å². The molecule has 82 valence electrons. The summed E-state index contributed by atoms with van der Waals surface area (Å²) in [7, 11) is 2.05. The molecule has 0 aliphatic carbocycles. The third kappa shape index (κ3) is 1.24. The van der Waals surface area contributed by atoms with Crippen molar-refractivity contribution >= 4 is 11.5 Å². The monoisotopic (exact) mass is 206 g/mol. The third-order valence-electron chi connectivity index (χ3n) is 3.61. The molecule has 4 nitrogen and oxygen atoms in total. The highest BCUT2D eigenvalue weighted by atomic mass is 15.4. The Morgan fingerprint density at radius 3 is 3.13 bits per heavy atom. The molecule has 1 fully saturated rings. The molecule has 4 heteroatoms. The molecule has 1 atom stereocenters. The van der Waals surface area contributed by atoms with E-state index in [1.54, 1.807) is 0 Å². The molecule has 3 rings (SSSR count). The van der Waals surface area contributed by atoms with Crippen molar-refractivity contribution in [1.82, 2.24) is 9.78 Å². The number of aromatic nitrogens is 2. The summed E-state index contributed by atoms with van der Waals surface area (Å²) in [6.07, 6.45) is 4.01. The zero-order valence-electron chi connectivity index (χ0n) is 9.45. The maximum Gasteiger partial charge on any atom is 0.150 e. The van der Waals surface area contributed by atoms with Crippen LogP contribution in [-0.4, -0.2) is 28.9 Å². The van der Waals surface area contributed by atoms with Gasteiger partial charge in [-0.15, -0.1) is 0 Å². The van der Waals surface area contributed by atoms with Crippen LogP contribution in [0.3, 0.4) is 0 Å². The van der Waals surface area contributed by atoms with Crippen LogP contribution in [0.1, 0.15) is 25.0 Å². The van der Waals surface area contributed by atoms with Crippen molar-refractivity contribution in [2.75, 3.05) is 23.3 Å². The zero-order chi connectivity index (χ0) is 10.4. The van der Waals surface area contributed by atoms with E-state index in [2.05, 4.69) is 22.2 Å². The second-order valence-electron chi connectivity index (χ2n) is 4.63. The highest BCUT2D eigenvalue weighted by molar-refractivity contribution is 5.72. The van der Waals surface area contributed by atoms with Crippen molar-refractivity contribution < 1.29 is 0 Å². The normalized spacial score (nSPS) is 24.4. The fourth-order valence-corrected chi connectivity index (χ4v) is 2.89. The molecule has 2 aliphatic heterocycles. The van der Waals surface area contributed by atoms with Gasteiger partial charge < -0.3 is 10.2 Å². The predicted octanol–water partition coefficient (Wildman–Crippen LogP) is 1.51. The number of fused-ring (bicyclic) bond motifs is 3. The van der Waals surface area contributed by atoms with Crippen LogP contribution in [0.25, 0.3) is 0 Å². The van der Waals surface area contributed by atoms with Gasteiger partial charge >= 0.3 is 0 Å². The van der Waals surface area contributed by atoms with Crippen molar-refractivity contribution in [3.63, 3.8) is 0 Å². The fraction of sp³-hybridized carbons (Fsp3) is 0.727. The van der Waals surface area contributed by atoms with Gasteiger partial charge in [0.2, 0.25) is 0 Å². The van der Waals surface area contributed by atoms with Gasteiger partial charge in [-0.1, -0.05) is 0 Å². The first-order valence-electron chi connectivity index (χ1n) is 5.81. The van der Waals surface area contributed by atoms with Gasteiger partial charge in [-0.3, -0.25) is 4.68 Å². The summed E-state index contributed by atoms with van der Waals surface area (Å²) in [4.78, 5) is 2.54. The number of aryl methyl sites for hydroxylation is 2. The minimum Gasteiger partial charge on any atom is -0.378 e. The molecule has 3 heterocycles. The molecule has 0 spiro atoms. The minimum atomic E-state index is 0.682. The molecule has 0 amide bonds. The average molecular weight is 206 g/mol. The number of piperidine rings is 1. The average Bonchev–Trinajstić information content (AvgIpc) is 2.55. The van der Waals surface area contributed by atoms with Crippen LogP contribution in [0.15, 0.2) is 0 Å². The highest BCUT2D eigenvalue weighted by Crippen LogP contribution is 2.36. The Labute approximate surface area is 90.3 Å². The smallest absolute Gasteiger partial charge is 0.150 e. The van der Waals surface area contributed by atoms with Crippen LogP contribution in [0, 0.1) is 6.92 Å². The number of nitrogens with zero attached hydrogens (tertiary/aromatic N) is 3. The van der Waals surface area contributed by atoms with Crippen molar-refractivity contribution in [1.29, 1.82) is 0 Å². The fourth-order valence-electron chi connectivity index (χ4n) is 2.89. The van der Waals surface area contributed by atoms with Crippen molar-refractivity contribution in [2.45, 2.75) is 32.2 Å². The number of hydrogen-bond donors (Lipinski definition) is 1. The third-order valence-corrected chi connectivity index (χ3v) is 3.61. The first-order chi connectivity index (χ1) is 7.27. The van der Waals surface area contributed by atoms with Gasteiger partial charge in [-0.2, -0.15) is 5.10 Å². The molecular weight excluding hydrogens is 188 g/mol. The Morgan fingerprint density at radius 2 is 2.27 bits per heavy atom. The van der Waals surface area contributed by atoms with Crippen LogP contribution in [0.5, 0.6) is 0 Å². The molecular formula is C11H18N4. The minimum absolute atomic E-state index is 0.682. The molecule has 1 aromatic heterocycles. The number of anilines is 2. The second-order valence-corrected chi connectivity index (χ2v) is 4.63. The molecule has 15 heavy (non-hydrogen) atoms. The number of rotatable bonds is 0. The lowest BCUT2D eigenvalue weighted by atomic mass is 10.00. The van der Waals surface area contributed by atoms with Gasteiger partial charge in [0, 0.05) is 26.2 Å². The topological polar surface area (TPSA) is 33.1 Å². The Morgan fingerprint density at radius 1 is 1.40 bits per heavy atom. The quantitative estimate of drug-likeness (QED) is 0.698. The van der Waals surface area contributed by atoms with Crippen LogP contribution in [0.2, 0.25) is 0 Å². The number of nitrogens with one attached hydrogen (secondary N) is 1. The van der Waals surface area contributed by atoms with Crippen LogP contribution < -0.4 is 10.2 Å². The van der Waals surface area contributed by atoms with Crippen molar-refractivity contribution in [2.24, 2.45) is 7.05 Å². The van der Waals surface area contributed by atoms with Crippen LogP contribution in [-0.2, 0) is 7.05 Å². The lowest BCUT2D eigenvalue weighted by Crippen LogP contribution is -2.47. The molecule has 0 radical (unpaired) electrons.